The van der Waals surface area contributed by atoms with Gasteiger partial charge >= 0.3 is 0 Å². The summed E-state index contributed by atoms with van der Waals surface area (Å²) in [5.74, 6) is 0.436. The largest absolute Gasteiger partial charge is 0.326 e. The lowest BCUT2D eigenvalue weighted by atomic mass is 10.3. The van der Waals surface area contributed by atoms with Gasteiger partial charge in [-0.15, -0.1) is 0 Å². The predicted octanol–water partition coefficient (Wildman–Crippen LogP) is 3.25. The molecule has 0 heterocycles. The molecule has 5 heteroatoms. The van der Waals surface area contributed by atoms with E-state index in [4.69, 9.17) is 23.2 Å². The minimum atomic E-state index is -0.0848. The monoisotopic (exact) mass is 249 g/mol. The van der Waals surface area contributed by atoms with Gasteiger partial charge < -0.3 is 5.32 Å². The van der Waals surface area contributed by atoms with Crippen molar-refractivity contribution in [2.75, 3.05) is 11.1 Å². The van der Waals surface area contributed by atoms with Crippen LogP contribution in [0.15, 0.2) is 18.2 Å². The number of hydrogen-bond donors (Lipinski definition) is 2. The van der Waals surface area contributed by atoms with Gasteiger partial charge in [0.25, 0.3) is 0 Å². The van der Waals surface area contributed by atoms with E-state index in [0.717, 1.165) is 0 Å². The van der Waals surface area contributed by atoms with Crippen LogP contribution in [0, 0.1) is 0 Å². The Labute approximate surface area is 98.0 Å². The Hall–Kier alpha value is -0.380. The first kappa shape index (κ1) is 11.7. The smallest absolute Gasteiger partial charge is 0.225 e. The molecule has 0 aliphatic heterocycles. The lowest BCUT2D eigenvalue weighted by molar-refractivity contribution is -0.115. The van der Waals surface area contributed by atoms with Gasteiger partial charge in [0.1, 0.15) is 0 Å². The average molecular weight is 250 g/mol. The standard InChI is InChI=1S/C9H9Cl2NOS/c10-7-2-1-6(5-8(7)11)12-9(13)3-4-14/h1-2,5,14H,3-4H2,(H,12,13). The van der Waals surface area contributed by atoms with Gasteiger partial charge in [0.05, 0.1) is 10.0 Å². The molecule has 0 fully saturated rings. The van der Waals surface area contributed by atoms with Crippen molar-refractivity contribution in [2.45, 2.75) is 6.42 Å². The van der Waals surface area contributed by atoms with Gasteiger partial charge in [0.2, 0.25) is 5.91 Å². The first-order valence-electron chi connectivity index (χ1n) is 3.99. The van der Waals surface area contributed by atoms with E-state index in [1.807, 2.05) is 0 Å². The van der Waals surface area contributed by atoms with Crippen LogP contribution in [0.3, 0.4) is 0 Å². The SMILES string of the molecule is O=C(CCS)Nc1ccc(Cl)c(Cl)c1. The molecule has 14 heavy (non-hydrogen) atoms. The predicted molar refractivity (Wildman–Crippen MR) is 63.6 cm³/mol. The van der Waals surface area contributed by atoms with E-state index in [2.05, 4.69) is 17.9 Å². The van der Waals surface area contributed by atoms with Crippen LogP contribution in [0.25, 0.3) is 0 Å². The summed E-state index contributed by atoms with van der Waals surface area (Å²) in [5.41, 5.74) is 0.645. The van der Waals surface area contributed by atoms with Gasteiger partial charge in [-0.1, -0.05) is 23.2 Å². The Kier molecular flexibility index (Phi) is 4.58. The van der Waals surface area contributed by atoms with Crippen molar-refractivity contribution in [2.24, 2.45) is 0 Å². The van der Waals surface area contributed by atoms with Crippen molar-refractivity contribution in [3.05, 3.63) is 28.2 Å². The van der Waals surface area contributed by atoms with Gasteiger partial charge in [0.15, 0.2) is 0 Å². The molecule has 1 aromatic carbocycles. The van der Waals surface area contributed by atoms with E-state index in [-0.39, 0.29) is 5.91 Å². The van der Waals surface area contributed by atoms with E-state index in [0.29, 0.717) is 27.9 Å². The summed E-state index contributed by atoms with van der Waals surface area (Å²) in [4.78, 5) is 11.2. The van der Waals surface area contributed by atoms with E-state index >= 15 is 0 Å². The zero-order valence-corrected chi connectivity index (χ0v) is 9.66. The summed E-state index contributed by atoms with van der Waals surface area (Å²) in [6.45, 7) is 0. The summed E-state index contributed by atoms with van der Waals surface area (Å²) in [5, 5.41) is 3.58. The number of anilines is 1. The maximum atomic E-state index is 11.2. The number of halogens is 2. The number of carbonyl (C=O) groups is 1. The van der Waals surface area contributed by atoms with Crippen molar-refractivity contribution >= 4 is 47.4 Å². The maximum absolute atomic E-state index is 11.2. The number of carbonyl (C=O) groups excluding carboxylic acids is 1. The molecule has 76 valence electrons. The molecule has 2 nitrogen and oxygen atoms in total. The van der Waals surface area contributed by atoms with Crippen molar-refractivity contribution < 1.29 is 4.79 Å². The third-order valence-electron chi connectivity index (χ3n) is 1.54. The van der Waals surface area contributed by atoms with Gasteiger partial charge in [-0.2, -0.15) is 12.6 Å². The highest BCUT2D eigenvalue weighted by atomic mass is 35.5. The van der Waals surface area contributed by atoms with Crippen molar-refractivity contribution in [3.63, 3.8) is 0 Å². The second kappa shape index (κ2) is 5.49. The molecule has 0 spiro atoms. The molecule has 0 aromatic heterocycles. The summed E-state index contributed by atoms with van der Waals surface area (Å²) in [6, 6.07) is 4.95. The van der Waals surface area contributed by atoms with Crippen molar-refractivity contribution in [3.8, 4) is 0 Å². The van der Waals surface area contributed by atoms with Crippen LogP contribution in [0.2, 0.25) is 10.0 Å². The van der Waals surface area contributed by atoms with E-state index in [9.17, 15) is 4.79 Å². The molecule has 1 amide bonds. The minimum Gasteiger partial charge on any atom is -0.326 e. The van der Waals surface area contributed by atoms with Crippen LogP contribution in [0.5, 0.6) is 0 Å². The minimum absolute atomic E-state index is 0.0848. The molecule has 0 aliphatic carbocycles. The number of benzene rings is 1. The maximum Gasteiger partial charge on any atom is 0.225 e. The molecule has 1 N–H and O–H groups in total. The molecule has 0 atom stereocenters. The molecule has 0 saturated carbocycles. The highest BCUT2D eigenvalue weighted by Crippen LogP contribution is 2.24. The highest BCUT2D eigenvalue weighted by molar-refractivity contribution is 7.80. The van der Waals surface area contributed by atoms with Gasteiger partial charge in [-0.05, 0) is 24.0 Å². The second-order valence-electron chi connectivity index (χ2n) is 2.65. The second-order valence-corrected chi connectivity index (χ2v) is 3.91. The third-order valence-corrected chi connectivity index (χ3v) is 2.50. The Balaban J connectivity index is 2.68. The van der Waals surface area contributed by atoms with Crippen LogP contribution in [-0.2, 0) is 4.79 Å². The molecule has 1 aromatic rings. The number of hydrogen-bond acceptors (Lipinski definition) is 2. The zero-order chi connectivity index (χ0) is 10.6. The van der Waals surface area contributed by atoms with Crippen molar-refractivity contribution in [1.82, 2.24) is 0 Å². The zero-order valence-electron chi connectivity index (χ0n) is 7.26. The number of rotatable bonds is 3. The van der Waals surface area contributed by atoms with Crippen molar-refractivity contribution in [1.29, 1.82) is 0 Å². The Morgan fingerprint density at radius 1 is 1.36 bits per heavy atom. The van der Waals surface area contributed by atoms with E-state index in [1.165, 1.54) is 0 Å². The van der Waals surface area contributed by atoms with E-state index < -0.39 is 0 Å². The Morgan fingerprint density at radius 3 is 2.64 bits per heavy atom. The third kappa shape index (κ3) is 3.40. The molecule has 0 bridgehead atoms. The summed E-state index contributed by atoms with van der Waals surface area (Å²) in [7, 11) is 0. The lowest BCUT2D eigenvalue weighted by Gasteiger charge is -2.04. The topological polar surface area (TPSA) is 29.1 Å². The number of nitrogens with one attached hydrogen (secondary N) is 1. The summed E-state index contributed by atoms with van der Waals surface area (Å²) in [6.07, 6.45) is 0.378. The number of thiol groups is 1. The fourth-order valence-electron chi connectivity index (χ4n) is 0.899. The van der Waals surface area contributed by atoms with Gasteiger partial charge in [-0.25, -0.2) is 0 Å². The number of amides is 1. The van der Waals surface area contributed by atoms with Crippen LogP contribution < -0.4 is 5.32 Å². The molecule has 0 saturated heterocycles. The molecular formula is C9H9Cl2NOS. The highest BCUT2D eigenvalue weighted by Gasteiger charge is 2.03. The summed E-state index contributed by atoms with van der Waals surface area (Å²) >= 11 is 15.5. The molecule has 1 rings (SSSR count). The average Bonchev–Trinajstić information content (AvgIpc) is 2.12. The fraction of sp³-hybridized carbons (Fsp3) is 0.222. The molecular weight excluding hydrogens is 241 g/mol. The first-order valence-corrected chi connectivity index (χ1v) is 5.38. The van der Waals surface area contributed by atoms with Crippen LogP contribution in [-0.4, -0.2) is 11.7 Å². The normalized spacial score (nSPS) is 9.93. The summed E-state index contributed by atoms with van der Waals surface area (Å²) < 4.78 is 0. The van der Waals surface area contributed by atoms with Gasteiger partial charge in [-0.3, -0.25) is 4.79 Å². The van der Waals surface area contributed by atoms with Crippen LogP contribution >= 0.6 is 35.8 Å². The Morgan fingerprint density at radius 2 is 2.07 bits per heavy atom. The lowest BCUT2D eigenvalue weighted by Crippen LogP contribution is -2.11. The molecule has 0 radical (unpaired) electrons. The fourth-order valence-corrected chi connectivity index (χ4v) is 1.40. The molecule has 0 unspecified atom stereocenters. The Bertz CT molecular complexity index is 344. The van der Waals surface area contributed by atoms with E-state index in [1.54, 1.807) is 18.2 Å². The molecule has 0 aliphatic rings. The van der Waals surface area contributed by atoms with Crippen LogP contribution in [0.4, 0.5) is 5.69 Å². The first-order chi connectivity index (χ1) is 6.63. The van der Waals surface area contributed by atoms with Gasteiger partial charge in [0, 0.05) is 12.1 Å². The van der Waals surface area contributed by atoms with Crippen LogP contribution in [0.1, 0.15) is 6.42 Å². The quantitative estimate of drug-likeness (QED) is 0.792.